The van der Waals surface area contributed by atoms with Gasteiger partial charge in [-0.3, -0.25) is 25.4 Å². The number of anilines is 3. The fourth-order valence-electron chi connectivity index (χ4n) is 2.93. The molecule has 1 aliphatic rings. The molecular formula is C19H19ClN4O. The second kappa shape index (κ2) is 6.01. The Balaban J connectivity index is 2.31. The minimum Gasteiger partial charge on any atom is -0.288 e. The second-order valence-corrected chi connectivity index (χ2v) is 6.94. The van der Waals surface area contributed by atoms with Gasteiger partial charge in [0.15, 0.2) is 0 Å². The molecule has 0 unspecified atom stereocenters. The van der Waals surface area contributed by atoms with Crippen molar-refractivity contribution in [1.29, 1.82) is 10.8 Å². The van der Waals surface area contributed by atoms with Crippen molar-refractivity contribution in [3.05, 3.63) is 53.6 Å². The molecule has 0 spiro atoms. The lowest BCUT2D eigenvalue weighted by atomic mass is 9.89. The smallest absolute Gasteiger partial charge is 0.244 e. The number of para-hydroxylation sites is 2. The van der Waals surface area contributed by atoms with Crippen molar-refractivity contribution in [3.63, 3.8) is 0 Å². The van der Waals surface area contributed by atoms with E-state index in [-0.39, 0.29) is 17.6 Å². The standard InChI is InChI=1S/C19H19ClN4O/c1-12(21)23-15-6-4-5-7-16(15)24(14-10-8-13(20)9-11-14)18(25)19(2,3)17(23)22/h4-11,21-22H,1-3H3. The summed E-state index contributed by atoms with van der Waals surface area (Å²) in [6.07, 6.45) is 0. The van der Waals surface area contributed by atoms with Gasteiger partial charge < -0.3 is 0 Å². The van der Waals surface area contributed by atoms with Crippen molar-refractivity contribution in [2.45, 2.75) is 20.8 Å². The number of fused-ring (bicyclic) bond motifs is 1. The summed E-state index contributed by atoms with van der Waals surface area (Å²) in [7, 11) is 0. The van der Waals surface area contributed by atoms with E-state index >= 15 is 0 Å². The lowest BCUT2D eigenvalue weighted by Crippen LogP contribution is -2.48. The van der Waals surface area contributed by atoms with E-state index in [4.69, 9.17) is 22.4 Å². The van der Waals surface area contributed by atoms with E-state index in [0.29, 0.717) is 22.1 Å². The number of nitrogens with one attached hydrogen (secondary N) is 2. The first-order chi connectivity index (χ1) is 11.7. The first-order valence-electron chi connectivity index (χ1n) is 7.88. The van der Waals surface area contributed by atoms with E-state index in [1.807, 2.05) is 24.3 Å². The van der Waals surface area contributed by atoms with Crippen LogP contribution < -0.4 is 9.80 Å². The number of benzene rings is 2. The summed E-state index contributed by atoms with van der Waals surface area (Å²) in [6.45, 7) is 5.04. The Bertz CT molecular complexity index is 873. The molecule has 1 aliphatic heterocycles. The largest absolute Gasteiger partial charge is 0.288 e. The number of halogens is 1. The van der Waals surface area contributed by atoms with Crippen molar-refractivity contribution >= 4 is 46.2 Å². The van der Waals surface area contributed by atoms with Gasteiger partial charge in [-0.2, -0.15) is 0 Å². The Kier molecular flexibility index (Phi) is 4.13. The molecule has 128 valence electrons. The molecule has 0 bridgehead atoms. The highest BCUT2D eigenvalue weighted by Crippen LogP contribution is 2.42. The van der Waals surface area contributed by atoms with Crippen molar-refractivity contribution in [1.82, 2.24) is 0 Å². The zero-order valence-electron chi connectivity index (χ0n) is 14.3. The highest BCUT2D eigenvalue weighted by atomic mass is 35.5. The fraction of sp³-hybridized carbons (Fsp3) is 0.211. The van der Waals surface area contributed by atoms with Crippen LogP contribution in [0.1, 0.15) is 20.8 Å². The van der Waals surface area contributed by atoms with Crippen LogP contribution in [0.5, 0.6) is 0 Å². The molecule has 0 saturated heterocycles. The predicted molar refractivity (Wildman–Crippen MR) is 102 cm³/mol. The molecule has 2 aromatic rings. The third-order valence-corrected chi connectivity index (χ3v) is 4.59. The van der Waals surface area contributed by atoms with Crippen LogP contribution in [0.25, 0.3) is 0 Å². The molecule has 1 heterocycles. The van der Waals surface area contributed by atoms with E-state index < -0.39 is 5.41 Å². The van der Waals surface area contributed by atoms with Crippen LogP contribution in [0.3, 0.4) is 0 Å². The van der Waals surface area contributed by atoms with Crippen LogP contribution in [-0.4, -0.2) is 17.6 Å². The molecule has 0 aromatic heterocycles. The van der Waals surface area contributed by atoms with Gasteiger partial charge in [0.25, 0.3) is 0 Å². The zero-order chi connectivity index (χ0) is 18.4. The first kappa shape index (κ1) is 17.2. The summed E-state index contributed by atoms with van der Waals surface area (Å²) in [4.78, 5) is 16.5. The summed E-state index contributed by atoms with van der Waals surface area (Å²) >= 11 is 5.99. The van der Waals surface area contributed by atoms with Crippen LogP contribution in [0.15, 0.2) is 48.5 Å². The lowest BCUT2D eigenvalue weighted by Gasteiger charge is -2.30. The van der Waals surface area contributed by atoms with Crippen LogP contribution >= 0.6 is 11.6 Å². The monoisotopic (exact) mass is 354 g/mol. The topological polar surface area (TPSA) is 71.2 Å². The van der Waals surface area contributed by atoms with Gasteiger partial charge >= 0.3 is 0 Å². The van der Waals surface area contributed by atoms with Crippen LogP contribution in [0, 0.1) is 16.2 Å². The van der Waals surface area contributed by atoms with E-state index in [1.165, 1.54) is 4.90 Å². The molecule has 3 rings (SSSR count). The first-order valence-corrected chi connectivity index (χ1v) is 8.26. The lowest BCUT2D eigenvalue weighted by molar-refractivity contribution is -0.122. The highest BCUT2D eigenvalue weighted by Gasteiger charge is 2.45. The highest BCUT2D eigenvalue weighted by molar-refractivity contribution is 6.31. The quantitative estimate of drug-likeness (QED) is 0.569. The van der Waals surface area contributed by atoms with Gasteiger partial charge in [0, 0.05) is 10.7 Å². The average Bonchev–Trinajstić information content (AvgIpc) is 2.63. The molecule has 0 aliphatic carbocycles. The Morgan fingerprint density at radius 2 is 1.60 bits per heavy atom. The van der Waals surface area contributed by atoms with Gasteiger partial charge in [-0.05, 0) is 57.2 Å². The van der Waals surface area contributed by atoms with Gasteiger partial charge in [0.05, 0.1) is 11.4 Å². The molecule has 5 nitrogen and oxygen atoms in total. The summed E-state index contributed by atoms with van der Waals surface area (Å²) in [5, 5.41) is 17.3. The van der Waals surface area contributed by atoms with Crippen molar-refractivity contribution in [2.24, 2.45) is 5.41 Å². The molecule has 0 saturated carbocycles. The number of hydrogen-bond donors (Lipinski definition) is 2. The van der Waals surface area contributed by atoms with Crippen molar-refractivity contribution in [2.75, 3.05) is 9.80 Å². The van der Waals surface area contributed by atoms with E-state index in [1.54, 1.807) is 49.9 Å². The van der Waals surface area contributed by atoms with Gasteiger partial charge in [-0.1, -0.05) is 23.7 Å². The Morgan fingerprint density at radius 1 is 1.04 bits per heavy atom. The van der Waals surface area contributed by atoms with Crippen LogP contribution in [0.4, 0.5) is 17.1 Å². The normalized spacial score (nSPS) is 16.5. The maximum atomic E-state index is 13.3. The molecule has 0 fully saturated rings. The van der Waals surface area contributed by atoms with Crippen LogP contribution in [-0.2, 0) is 4.79 Å². The molecular weight excluding hydrogens is 336 g/mol. The average molecular weight is 355 g/mol. The van der Waals surface area contributed by atoms with Gasteiger partial charge in [-0.15, -0.1) is 0 Å². The minimum absolute atomic E-state index is 0.0777. The minimum atomic E-state index is -1.10. The molecule has 6 heteroatoms. The number of hydrogen-bond acceptors (Lipinski definition) is 3. The number of amidine groups is 2. The third kappa shape index (κ3) is 2.70. The van der Waals surface area contributed by atoms with Gasteiger partial charge in [0.1, 0.15) is 17.1 Å². The van der Waals surface area contributed by atoms with Crippen molar-refractivity contribution < 1.29 is 4.79 Å². The second-order valence-electron chi connectivity index (χ2n) is 6.50. The van der Waals surface area contributed by atoms with E-state index in [0.717, 1.165) is 0 Å². The summed E-state index contributed by atoms with van der Waals surface area (Å²) in [5.74, 6) is 0.0428. The van der Waals surface area contributed by atoms with E-state index in [9.17, 15) is 4.79 Å². The summed E-state index contributed by atoms with van der Waals surface area (Å²) < 4.78 is 0. The third-order valence-electron chi connectivity index (χ3n) is 4.34. The number of amides is 1. The Hall–Kier alpha value is -2.66. The fourth-order valence-corrected chi connectivity index (χ4v) is 3.05. The van der Waals surface area contributed by atoms with Gasteiger partial charge in [-0.25, -0.2) is 0 Å². The molecule has 25 heavy (non-hydrogen) atoms. The molecule has 2 aromatic carbocycles. The molecule has 1 amide bonds. The maximum absolute atomic E-state index is 13.3. The Labute approximate surface area is 151 Å². The molecule has 0 atom stereocenters. The summed E-state index contributed by atoms with van der Waals surface area (Å²) in [5.41, 5.74) is 0.846. The van der Waals surface area contributed by atoms with Gasteiger partial charge in [0.2, 0.25) is 5.91 Å². The maximum Gasteiger partial charge on any atom is 0.244 e. The number of nitrogens with zero attached hydrogens (tertiary/aromatic N) is 2. The number of carbonyl (C=O) groups is 1. The zero-order valence-corrected chi connectivity index (χ0v) is 15.1. The predicted octanol–water partition coefficient (Wildman–Crippen LogP) is 4.83. The van der Waals surface area contributed by atoms with Crippen molar-refractivity contribution in [3.8, 4) is 0 Å². The number of rotatable bonds is 1. The summed E-state index contributed by atoms with van der Waals surface area (Å²) in [6, 6.07) is 14.4. The Morgan fingerprint density at radius 3 is 2.16 bits per heavy atom. The number of carbonyl (C=O) groups excluding carboxylic acids is 1. The SMILES string of the molecule is CC(=N)N1C(=N)C(C)(C)C(=O)N(c2ccc(Cl)cc2)c2ccccc21. The molecule has 0 radical (unpaired) electrons. The van der Waals surface area contributed by atoms with Crippen LogP contribution in [0.2, 0.25) is 5.02 Å². The molecule has 2 N–H and O–H groups in total. The van der Waals surface area contributed by atoms with E-state index in [2.05, 4.69) is 0 Å².